The van der Waals surface area contributed by atoms with Crippen molar-refractivity contribution in [2.24, 2.45) is 5.92 Å². The number of aliphatic hydroxyl groups is 1. The number of nitrogens with zero attached hydrogens (tertiary/aromatic N) is 2. The van der Waals surface area contributed by atoms with Crippen molar-refractivity contribution in [1.82, 2.24) is 9.80 Å². The second kappa shape index (κ2) is 7.40. The second-order valence-corrected chi connectivity index (χ2v) is 6.05. The summed E-state index contributed by atoms with van der Waals surface area (Å²) in [5.41, 5.74) is 0.678. The number of piperazine rings is 1. The van der Waals surface area contributed by atoms with Crippen LogP contribution in [-0.4, -0.2) is 59.0 Å². The summed E-state index contributed by atoms with van der Waals surface area (Å²) in [4.78, 5) is 28.0. The fraction of sp³-hybridized carbons (Fsp3) is 0.529. The molecule has 120 valence electrons. The Morgan fingerprint density at radius 3 is 2.14 bits per heavy atom. The van der Waals surface area contributed by atoms with Crippen LogP contribution >= 0.6 is 0 Å². The first-order valence-corrected chi connectivity index (χ1v) is 7.79. The summed E-state index contributed by atoms with van der Waals surface area (Å²) in [6.45, 7) is 5.93. The third-order valence-corrected chi connectivity index (χ3v) is 4.09. The van der Waals surface area contributed by atoms with Crippen molar-refractivity contribution >= 4 is 11.8 Å². The molecule has 1 N–H and O–H groups in total. The minimum Gasteiger partial charge on any atom is -0.392 e. The third-order valence-electron chi connectivity index (χ3n) is 4.09. The summed E-state index contributed by atoms with van der Waals surface area (Å²) < 4.78 is 0. The molecule has 1 aromatic carbocycles. The van der Waals surface area contributed by atoms with Gasteiger partial charge in [0.2, 0.25) is 5.91 Å². The van der Waals surface area contributed by atoms with Crippen LogP contribution in [0.15, 0.2) is 30.3 Å². The van der Waals surface area contributed by atoms with Crippen LogP contribution in [0.5, 0.6) is 0 Å². The number of aliphatic hydroxyl groups excluding tert-OH is 1. The van der Waals surface area contributed by atoms with Gasteiger partial charge >= 0.3 is 0 Å². The lowest BCUT2D eigenvalue weighted by Gasteiger charge is -2.35. The van der Waals surface area contributed by atoms with Gasteiger partial charge in [0.15, 0.2) is 0 Å². The largest absolute Gasteiger partial charge is 0.392 e. The monoisotopic (exact) mass is 304 g/mol. The zero-order chi connectivity index (χ0) is 16.1. The van der Waals surface area contributed by atoms with E-state index in [4.69, 9.17) is 0 Å². The molecule has 2 rings (SSSR count). The first-order chi connectivity index (χ1) is 10.5. The Balaban J connectivity index is 1.85. The highest BCUT2D eigenvalue weighted by atomic mass is 16.3. The van der Waals surface area contributed by atoms with Gasteiger partial charge in [-0.05, 0) is 18.1 Å². The maximum atomic E-state index is 12.3. The fourth-order valence-electron chi connectivity index (χ4n) is 2.47. The Hall–Kier alpha value is -1.88. The molecule has 0 aromatic heterocycles. The molecule has 0 bridgehead atoms. The van der Waals surface area contributed by atoms with Gasteiger partial charge in [0.25, 0.3) is 5.91 Å². The highest BCUT2D eigenvalue weighted by molar-refractivity contribution is 5.94. The van der Waals surface area contributed by atoms with E-state index in [9.17, 15) is 14.7 Å². The van der Waals surface area contributed by atoms with E-state index in [-0.39, 0.29) is 24.2 Å². The van der Waals surface area contributed by atoms with Crippen LogP contribution in [-0.2, 0) is 4.79 Å². The minimum absolute atomic E-state index is 0.00918. The van der Waals surface area contributed by atoms with Crippen LogP contribution in [0, 0.1) is 5.92 Å². The Morgan fingerprint density at radius 1 is 1.05 bits per heavy atom. The zero-order valence-electron chi connectivity index (χ0n) is 13.2. The SMILES string of the molecule is CC(C)C(O)CC(=O)N1CCN(C(=O)c2ccccc2)CC1. The first kappa shape index (κ1) is 16.5. The van der Waals surface area contributed by atoms with E-state index in [0.717, 1.165) is 0 Å². The van der Waals surface area contributed by atoms with Crippen LogP contribution in [0.4, 0.5) is 0 Å². The second-order valence-electron chi connectivity index (χ2n) is 6.05. The molecule has 0 spiro atoms. The number of amides is 2. The number of hydrogen-bond acceptors (Lipinski definition) is 3. The Morgan fingerprint density at radius 2 is 1.59 bits per heavy atom. The fourth-order valence-corrected chi connectivity index (χ4v) is 2.47. The van der Waals surface area contributed by atoms with Crippen molar-refractivity contribution < 1.29 is 14.7 Å². The van der Waals surface area contributed by atoms with E-state index in [0.29, 0.717) is 31.7 Å². The molecule has 1 aliphatic heterocycles. The number of benzene rings is 1. The van der Waals surface area contributed by atoms with Crippen LogP contribution in [0.25, 0.3) is 0 Å². The molecule has 5 heteroatoms. The zero-order valence-corrected chi connectivity index (χ0v) is 13.2. The highest BCUT2D eigenvalue weighted by Gasteiger charge is 2.26. The number of rotatable bonds is 4. The maximum Gasteiger partial charge on any atom is 0.253 e. The first-order valence-electron chi connectivity index (χ1n) is 7.79. The highest BCUT2D eigenvalue weighted by Crippen LogP contribution is 2.12. The van der Waals surface area contributed by atoms with Gasteiger partial charge in [-0.3, -0.25) is 9.59 Å². The van der Waals surface area contributed by atoms with E-state index in [1.807, 2.05) is 32.0 Å². The Labute approximate surface area is 131 Å². The van der Waals surface area contributed by atoms with Gasteiger partial charge in [0, 0.05) is 31.7 Å². The van der Waals surface area contributed by atoms with Crippen LogP contribution in [0.2, 0.25) is 0 Å². The summed E-state index contributed by atoms with van der Waals surface area (Å²) in [6.07, 6.45) is -0.443. The molecule has 1 heterocycles. The van der Waals surface area contributed by atoms with E-state index in [1.54, 1.807) is 21.9 Å². The Bertz CT molecular complexity index is 508. The van der Waals surface area contributed by atoms with Crippen molar-refractivity contribution in [2.75, 3.05) is 26.2 Å². The van der Waals surface area contributed by atoms with Crippen molar-refractivity contribution in [3.63, 3.8) is 0 Å². The molecule has 5 nitrogen and oxygen atoms in total. The molecule has 2 amide bonds. The molecule has 1 fully saturated rings. The van der Waals surface area contributed by atoms with Gasteiger partial charge in [0.1, 0.15) is 0 Å². The van der Waals surface area contributed by atoms with Crippen molar-refractivity contribution in [3.05, 3.63) is 35.9 Å². The number of carbonyl (C=O) groups is 2. The topological polar surface area (TPSA) is 60.9 Å². The smallest absolute Gasteiger partial charge is 0.253 e. The lowest BCUT2D eigenvalue weighted by molar-refractivity contribution is -0.135. The molecule has 1 saturated heterocycles. The minimum atomic E-state index is -0.600. The average Bonchev–Trinajstić information content (AvgIpc) is 2.55. The summed E-state index contributed by atoms with van der Waals surface area (Å²) >= 11 is 0. The lowest BCUT2D eigenvalue weighted by atomic mass is 10.0. The molecule has 1 aromatic rings. The third kappa shape index (κ3) is 4.07. The summed E-state index contributed by atoms with van der Waals surface area (Å²) in [5.74, 6) is 0.0489. The maximum absolute atomic E-state index is 12.3. The molecule has 0 aliphatic carbocycles. The molecule has 22 heavy (non-hydrogen) atoms. The van der Waals surface area contributed by atoms with Gasteiger partial charge in [0.05, 0.1) is 12.5 Å². The molecule has 1 atom stereocenters. The standard InChI is InChI=1S/C17H24N2O3/c1-13(2)15(20)12-16(21)18-8-10-19(11-9-18)17(22)14-6-4-3-5-7-14/h3-7,13,15,20H,8-12H2,1-2H3. The van der Waals surface area contributed by atoms with Gasteiger partial charge in [-0.1, -0.05) is 32.0 Å². The summed E-state index contributed by atoms with van der Waals surface area (Å²) in [6, 6.07) is 9.19. The van der Waals surface area contributed by atoms with E-state index in [2.05, 4.69) is 0 Å². The molecule has 1 unspecified atom stereocenters. The van der Waals surface area contributed by atoms with E-state index >= 15 is 0 Å². The Kier molecular flexibility index (Phi) is 5.55. The van der Waals surface area contributed by atoms with Crippen LogP contribution in [0.3, 0.4) is 0 Å². The molecule has 0 radical (unpaired) electrons. The molecule has 1 aliphatic rings. The van der Waals surface area contributed by atoms with E-state index < -0.39 is 6.10 Å². The van der Waals surface area contributed by atoms with Crippen LogP contribution < -0.4 is 0 Å². The summed E-state index contributed by atoms with van der Waals surface area (Å²) in [5, 5.41) is 9.80. The molecular weight excluding hydrogens is 280 g/mol. The van der Waals surface area contributed by atoms with Crippen LogP contribution in [0.1, 0.15) is 30.6 Å². The lowest BCUT2D eigenvalue weighted by Crippen LogP contribution is -2.51. The normalized spacial score (nSPS) is 16.7. The van der Waals surface area contributed by atoms with Gasteiger partial charge < -0.3 is 14.9 Å². The predicted molar refractivity (Wildman–Crippen MR) is 84.4 cm³/mol. The average molecular weight is 304 g/mol. The molecule has 0 saturated carbocycles. The van der Waals surface area contributed by atoms with Crippen molar-refractivity contribution in [2.45, 2.75) is 26.4 Å². The number of hydrogen-bond donors (Lipinski definition) is 1. The van der Waals surface area contributed by atoms with Crippen molar-refractivity contribution in [3.8, 4) is 0 Å². The van der Waals surface area contributed by atoms with Crippen molar-refractivity contribution in [1.29, 1.82) is 0 Å². The predicted octanol–water partition coefficient (Wildman–Crippen LogP) is 1.38. The van der Waals surface area contributed by atoms with Gasteiger partial charge in [-0.15, -0.1) is 0 Å². The van der Waals surface area contributed by atoms with Gasteiger partial charge in [-0.25, -0.2) is 0 Å². The van der Waals surface area contributed by atoms with Gasteiger partial charge in [-0.2, -0.15) is 0 Å². The number of carbonyl (C=O) groups excluding carboxylic acids is 2. The summed E-state index contributed by atoms with van der Waals surface area (Å²) in [7, 11) is 0. The molecular formula is C17H24N2O3. The quantitative estimate of drug-likeness (QED) is 0.914. The van der Waals surface area contributed by atoms with E-state index in [1.165, 1.54) is 0 Å².